The fraction of sp³-hybridized carbons (Fsp3) is 0.417. The molecule has 86 valence electrons. The normalized spacial score (nSPS) is 12.9. The standard InChI is InChI=1S/C12H17N3O/c1-3-6-13-11(10-5-4-9-16-10)12-14-7-8-15(12)2/h4-5,7-9,11,13H,3,6H2,1-2H3. The maximum atomic E-state index is 5.46. The van der Waals surface area contributed by atoms with Gasteiger partial charge in [0, 0.05) is 19.4 Å². The van der Waals surface area contributed by atoms with E-state index in [0.29, 0.717) is 0 Å². The van der Waals surface area contributed by atoms with Crippen LogP contribution in [-0.4, -0.2) is 16.1 Å². The molecular formula is C12H17N3O. The van der Waals surface area contributed by atoms with Gasteiger partial charge in [0.25, 0.3) is 0 Å². The van der Waals surface area contributed by atoms with Crippen LogP contribution in [-0.2, 0) is 7.05 Å². The number of aryl methyl sites for hydroxylation is 1. The Bertz CT molecular complexity index is 419. The van der Waals surface area contributed by atoms with E-state index < -0.39 is 0 Å². The zero-order valence-electron chi connectivity index (χ0n) is 9.68. The summed E-state index contributed by atoms with van der Waals surface area (Å²) in [5.41, 5.74) is 0. The number of rotatable bonds is 5. The van der Waals surface area contributed by atoms with Crippen LogP contribution in [0.1, 0.15) is 31.0 Å². The molecule has 2 heterocycles. The summed E-state index contributed by atoms with van der Waals surface area (Å²) >= 11 is 0. The van der Waals surface area contributed by atoms with Gasteiger partial charge in [-0.1, -0.05) is 6.92 Å². The van der Waals surface area contributed by atoms with Crippen molar-refractivity contribution in [3.8, 4) is 0 Å². The van der Waals surface area contributed by atoms with E-state index in [-0.39, 0.29) is 6.04 Å². The highest BCUT2D eigenvalue weighted by atomic mass is 16.3. The molecule has 2 aromatic heterocycles. The summed E-state index contributed by atoms with van der Waals surface area (Å²) in [6.07, 6.45) is 6.53. The molecular weight excluding hydrogens is 202 g/mol. The summed E-state index contributed by atoms with van der Waals surface area (Å²) in [4.78, 5) is 4.37. The first-order valence-electron chi connectivity index (χ1n) is 5.57. The second-order valence-electron chi connectivity index (χ2n) is 3.80. The van der Waals surface area contributed by atoms with Crippen LogP contribution in [0.4, 0.5) is 0 Å². The number of hydrogen-bond acceptors (Lipinski definition) is 3. The first kappa shape index (κ1) is 11.0. The Hall–Kier alpha value is -1.55. The van der Waals surface area contributed by atoms with E-state index in [1.54, 1.807) is 12.5 Å². The predicted molar refractivity (Wildman–Crippen MR) is 62.1 cm³/mol. The van der Waals surface area contributed by atoms with E-state index in [1.807, 2.05) is 29.9 Å². The molecule has 0 aromatic carbocycles. The second kappa shape index (κ2) is 4.99. The highest BCUT2D eigenvalue weighted by Gasteiger charge is 2.19. The van der Waals surface area contributed by atoms with Gasteiger partial charge in [-0.3, -0.25) is 0 Å². The summed E-state index contributed by atoms with van der Waals surface area (Å²) in [5.74, 6) is 1.88. The Labute approximate surface area is 95.3 Å². The van der Waals surface area contributed by atoms with Gasteiger partial charge < -0.3 is 14.3 Å². The fourth-order valence-electron chi connectivity index (χ4n) is 1.72. The molecule has 4 heteroatoms. The molecule has 0 aliphatic carbocycles. The van der Waals surface area contributed by atoms with Crippen LogP contribution in [0, 0.1) is 0 Å². The average Bonchev–Trinajstić information content (AvgIpc) is 2.91. The van der Waals surface area contributed by atoms with Crippen LogP contribution in [0.15, 0.2) is 35.2 Å². The zero-order valence-corrected chi connectivity index (χ0v) is 9.68. The van der Waals surface area contributed by atoms with Crippen molar-refractivity contribution in [1.82, 2.24) is 14.9 Å². The van der Waals surface area contributed by atoms with Gasteiger partial charge in [-0.15, -0.1) is 0 Å². The number of imidazole rings is 1. The first-order valence-corrected chi connectivity index (χ1v) is 5.57. The maximum absolute atomic E-state index is 5.46. The van der Waals surface area contributed by atoms with Crippen molar-refractivity contribution in [2.45, 2.75) is 19.4 Å². The molecule has 0 amide bonds. The van der Waals surface area contributed by atoms with Gasteiger partial charge in [0.2, 0.25) is 0 Å². The Morgan fingerprint density at radius 3 is 3.00 bits per heavy atom. The molecule has 0 saturated heterocycles. The van der Waals surface area contributed by atoms with Gasteiger partial charge in [0.1, 0.15) is 17.6 Å². The summed E-state index contributed by atoms with van der Waals surface area (Å²) in [6.45, 7) is 3.09. The lowest BCUT2D eigenvalue weighted by Crippen LogP contribution is -2.25. The molecule has 0 fully saturated rings. The third-order valence-corrected chi connectivity index (χ3v) is 2.54. The van der Waals surface area contributed by atoms with Crippen molar-refractivity contribution in [3.63, 3.8) is 0 Å². The van der Waals surface area contributed by atoms with Crippen molar-refractivity contribution in [2.75, 3.05) is 6.54 Å². The minimum Gasteiger partial charge on any atom is -0.467 e. The van der Waals surface area contributed by atoms with E-state index in [0.717, 1.165) is 24.6 Å². The van der Waals surface area contributed by atoms with Crippen LogP contribution in [0.3, 0.4) is 0 Å². The number of hydrogen-bond donors (Lipinski definition) is 1. The Morgan fingerprint density at radius 2 is 2.44 bits per heavy atom. The van der Waals surface area contributed by atoms with Crippen molar-refractivity contribution < 1.29 is 4.42 Å². The van der Waals surface area contributed by atoms with Gasteiger partial charge in [0.15, 0.2) is 0 Å². The highest BCUT2D eigenvalue weighted by molar-refractivity contribution is 5.15. The third-order valence-electron chi connectivity index (χ3n) is 2.54. The van der Waals surface area contributed by atoms with Crippen LogP contribution < -0.4 is 5.32 Å². The lowest BCUT2D eigenvalue weighted by atomic mass is 10.2. The van der Waals surface area contributed by atoms with Crippen LogP contribution in [0.2, 0.25) is 0 Å². The van der Waals surface area contributed by atoms with Gasteiger partial charge >= 0.3 is 0 Å². The predicted octanol–water partition coefficient (Wildman–Crippen LogP) is 2.10. The molecule has 16 heavy (non-hydrogen) atoms. The topological polar surface area (TPSA) is 43.0 Å². The Kier molecular flexibility index (Phi) is 3.41. The highest BCUT2D eigenvalue weighted by Crippen LogP contribution is 2.20. The van der Waals surface area contributed by atoms with Crippen LogP contribution >= 0.6 is 0 Å². The lowest BCUT2D eigenvalue weighted by molar-refractivity contribution is 0.430. The molecule has 1 atom stereocenters. The molecule has 4 nitrogen and oxygen atoms in total. The molecule has 0 radical (unpaired) electrons. The molecule has 1 N–H and O–H groups in total. The molecule has 1 unspecified atom stereocenters. The summed E-state index contributed by atoms with van der Waals surface area (Å²) in [6, 6.07) is 3.91. The lowest BCUT2D eigenvalue weighted by Gasteiger charge is -2.15. The summed E-state index contributed by atoms with van der Waals surface area (Å²) in [7, 11) is 1.99. The van der Waals surface area contributed by atoms with E-state index in [9.17, 15) is 0 Å². The van der Waals surface area contributed by atoms with E-state index >= 15 is 0 Å². The molecule has 0 aliphatic heterocycles. The first-order chi connectivity index (χ1) is 7.83. The monoisotopic (exact) mass is 219 g/mol. The van der Waals surface area contributed by atoms with Crippen molar-refractivity contribution in [1.29, 1.82) is 0 Å². The van der Waals surface area contributed by atoms with Gasteiger partial charge in [-0.25, -0.2) is 4.98 Å². The van der Waals surface area contributed by atoms with Gasteiger partial charge in [-0.05, 0) is 25.1 Å². The van der Waals surface area contributed by atoms with Crippen molar-refractivity contribution in [3.05, 3.63) is 42.4 Å². The minimum absolute atomic E-state index is 0.0370. The largest absolute Gasteiger partial charge is 0.467 e. The van der Waals surface area contributed by atoms with Gasteiger partial charge in [-0.2, -0.15) is 0 Å². The Balaban J connectivity index is 2.25. The maximum Gasteiger partial charge on any atom is 0.133 e. The van der Waals surface area contributed by atoms with E-state index in [1.165, 1.54) is 0 Å². The molecule has 0 bridgehead atoms. The fourth-order valence-corrected chi connectivity index (χ4v) is 1.72. The third kappa shape index (κ3) is 2.17. The smallest absolute Gasteiger partial charge is 0.133 e. The van der Waals surface area contributed by atoms with Gasteiger partial charge in [0.05, 0.1) is 6.26 Å². The van der Waals surface area contributed by atoms with E-state index in [2.05, 4.69) is 17.2 Å². The molecule has 0 saturated carbocycles. The average molecular weight is 219 g/mol. The zero-order chi connectivity index (χ0) is 11.4. The molecule has 2 rings (SSSR count). The summed E-state index contributed by atoms with van der Waals surface area (Å²) in [5, 5.41) is 3.44. The molecule has 0 aliphatic rings. The number of furan rings is 1. The van der Waals surface area contributed by atoms with Crippen LogP contribution in [0.25, 0.3) is 0 Å². The van der Waals surface area contributed by atoms with Crippen molar-refractivity contribution >= 4 is 0 Å². The Morgan fingerprint density at radius 1 is 1.56 bits per heavy atom. The number of nitrogens with one attached hydrogen (secondary N) is 1. The number of nitrogens with zero attached hydrogens (tertiary/aromatic N) is 2. The SMILES string of the molecule is CCCNC(c1ccco1)c1nccn1C. The summed E-state index contributed by atoms with van der Waals surface area (Å²) < 4.78 is 7.47. The number of aromatic nitrogens is 2. The molecule has 2 aromatic rings. The quantitative estimate of drug-likeness (QED) is 0.837. The van der Waals surface area contributed by atoms with Crippen molar-refractivity contribution in [2.24, 2.45) is 7.05 Å². The molecule has 0 spiro atoms. The van der Waals surface area contributed by atoms with E-state index in [4.69, 9.17) is 4.42 Å². The van der Waals surface area contributed by atoms with Crippen LogP contribution in [0.5, 0.6) is 0 Å². The minimum atomic E-state index is 0.0370. The second-order valence-corrected chi connectivity index (χ2v) is 3.80.